The van der Waals surface area contributed by atoms with Gasteiger partial charge in [0.1, 0.15) is 0 Å². The number of allylic oxidation sites excluding steroid dienone is 1. The van der Waals surface area contributed by atoms with Gasteiger partial charge in [0.05, 0.1) is 0 Å². The molecule has 0 aliphatic carbocycles. The summed E-state index contributed by atoms with van der Waals surface area (Å²) >= 11 is -0.445. The predicted molar refractivity (Wildman–Crippen MR) is 38.9 cm³/mol. The molecular weight excluding hydrogens is 197 g/mol. The first-order valence-electron chi connectivity index (χ1n) is 3.54. The van der Waals surface area contributed by atoms with Crippen LogP contribution in [0.15, 0.2) is 33.2 Å². The Morgan fingerprint density at radius 3 is 3.00 bits per heavy atom. The maximum absolute atomic E-state index is 2.43. The van der Waals surface area contributed by atoms with Crippen molar-refractivity contribution in [2.24, 2.45) is 0 Å². The Kier molecular flexibility index (Phi) is 2.01. The number of benzene rings is 1. The topological polar surface area (TPSA) is 0 Å². The molecule has 1 aliphatic rings. The van der Waals surface area contributed by atoms with Crippen molar-refractivity contribution in [3.05, 3.63) is 38.8 Å². The standard InChI is InChI=1S/C9H8.Y/c1-2-6-9-7-4-3-5-8-9;/h1-5,7H,6H2;. The fourth-order valence-corrected chi connectivity index (χ4v) is 4.03. The van der Waals surface area contributed by atoms with Gasteiger partial charge >= 0.3 is 76.8 Å². The van der Waals surface area contributed by atoms with E-state index in [2.05, 4.69) is 33.2 Å². The van der Waals surface area contributed by atoms with Crippen LogP contribution in [0, 0.1) is 0 Å². The summed E-state index contributed by atoms with van der Waals surface area (Å²) in [4.78, 5) is 0. The third-order valence-corrected chi connectivity index (χ3v) is 5.21. The van der Waals surface area contributed by atoms with Gasteiger partial charge in [-0.3, -0.25) is 0 Å². The zero-order valence-corrected chi connectivity index (χ0v) is 8.59. The monoisotopic (exact) mass is 205 g/mol. The molecule has 0 aromatic heterocycles. The van der Waals surface area contributed by atoms with Crippen molar-refractivity contribution in [1.29, 1.82) is 0 Å². The summed E-state index contributed by atoms with van der Waals surface area (Å²) in [6.07, 6.45) is 3.49. The maximum atomic E-state index is 2.43. The summed E-state index contributed by atoms with van der Waals surface area (Å²) in [5, 5.41) is 0. The van der Waals surface area contributed by atoms with Crippen molar-refractivity contribution >= 4 is 2.37 Å². The van der Waals surface area contributed by atoms with Crippen molar-refractivity contribution in [2.75, 3.05) is 0 Å². The average molecular weight is 205 g/mol. The first-order valence-corrected chi connectivity index (χ1v) is 6.60. The van der Waals surface area contributed by atoms with Gasteiger partial charge in [0.2, 0.25) is 0 Å². The molecule has 1 heterocycles. The second-order valence-electron chi connectivity index (χ2n) is 2.50. The minimum absolute atomic E-state index is 0.445. The van der Waals surface area contributed by atoms with Gasteiger partial charge in [0, 0.05) is 0 Å². The van der Waals surface area contributed by atoms with Crippen LogP contribution in [0.5, 0.6) is 0 Å². The molecule has 0 bridgehead atoms. The van der Waals surface area contributed by atoms with E-state index in [1.807, 2.05) is 0 Å². The molecule has 0 nitrogen and oxygen atoms in total. The van der Waals surface area contributed by atoms with Crippen molar-refractivity contribution in [3.63, 3.8) is 0 Å². The van der Waals surface area contributed by atoms with Crippen LogP contribution in [0.2, 0.25) is 0 Å². The Labute approximate surface area is 76.3 Å². The first kappa shape index (κ1) is 6.75. The minimum atomic E-state index is -0.445. The molecule has 0 atom stereocenters. The van der Waals surface area contributed by atoms with E-state index < -0.39 is 29.2 Å². The molecule has 1 heteroatoms. The summed E-state index contributed by atoms with van der Waals surface area (Å²) < 4.78 is 4.11. The van der Waals surface area contributed by atoms with Crippen LogP contribution in [0.25, 0.3) is 0 Å². The SMILES string of the molecule is C1=[CH][Y][c]2ccccc2C1. The number of hydrogen-bond donors (Lipinski definition) is 0. The summed E-state index contributed by atoms with van der Waals surface area (Å²) in [5.41, 5.74) is 1.58. The van der Waals surface area contributed by atoms with Gasteiger partial charge in [-0.15, -0.1) is 0 Å². The first-order chi connectivity index (χ1) is 4.97. The van der Waals surface area contributed by atoms with E-state index in [-0.39, 0.29) is 0 Å². The van der Waals surface area contributed by atoms with Gasteiger partial charge < -0.3 is 0 Å². The molecule has 1 aromatic rings. The molecule has 0 fully saturated rings. The van der Waals surface area contributed by atoms with E-state index in [0.717, 1.165) is 0 Å². The second-order valence-corrected chi connectivity index (χ2v) is 5.79. The molecule has 0 saturated carbocycles. The van der Waals surface area contributed by atoms with E-state index in [0.29, 0.717) is 0 Å². The van der Waals surface area contributed by atoms with Crippen molar-refractivity contribution in [2.45, 2.75) is 6.42 Å². The molecule has 10 heavy (non-hydrogen) atoms. The van der Waals surface area contributed by atoms with Crippen molar-refractivity contribution in [1.82, 2.24) is 0 Å². The van der Waals surface area contributed by atoms with Gasteiger partial charge in [-0.1, -0.05) is 0 Å². The molecule has 0 radical (unpaired) electrons. The quantitative estimate of drug-likeness (QED) is 0.601. The van der Waals surface area contributed by atoms with Gasteiger partial charge in [-0.05, 0) is 0 Å². The van der Waals surface area contributed by atoms with E-state index in [1.54, 1.807) is 7.94 Å². The van der Waals surface area contributed by atoms with Crippen molar-refractivity contribution < 1.29 is 29.2 Å². The fraction of sp³-hybridized carbons (Fsp3) is 0.111. The molecule has 0 N–H and O–H groups in total. The zero-order chi connectivity index (χ0) is 6.81. The van der Waals surface area contributed by atoms with Gasteiger partial charge in [-0.2, -0.15) is 0 Å². The molecule has 0 saturated heterocycles. The number of rotatable bonds is 0. The normalized spacial score (nSPS) is 13.2. The fourth-order valence-electron chi connectivity index (χ4n) is 1.25. The molecule has 1 aliphatic heterocycles. The Bertz CT molecular complexity index is 236. The summed E-state index contributed by atoms with van der Waals surface area (Å²) in [6.45, 7) is 0. The van der Waals surface area contributed by atoms with Gasteiger partial charge in [0.25, 0.3) is 0 Å². The van der Waals surface area contributed by atoms with Crippen LogP contribution in [0.1, 0.15) is 5.56 Å². The van der Waals surface area contributed by atoms with Crippen LogP contribution < -0.4 is 2.37 Å². The van der Waals surface area contributed by atoms with Crippen LogP contribution in [0.4, 0.5) is 0 Å². The summed E-state index contributed by atoms with van der Waals surface area (Å²) in [5.74, 6) is 0. The Morgan fingerprint density at radius 2 is 2.10 bits per heavy atom. The molecule has 2 rings (SSSR count). The molecule has 0 unspecified atom stereocenters. The number of fused-ring (bicyclic) bond motifs is 1. The third-order valence-electron chi connectivity index (χ3n) is 1.80. The Morgan fingerprint density at radius 1 is 1.20 bits per heavy atom. The predicted octanol–water partition coefficient (Wildman–Crippen LogP) is 1.46. The Hall–Kier alpha value is 0.0639. The van der Waals surface area contributed by atoms with E-state index in [4.69, 9.17) is 0 Å². The summed E-state index contributed by atoms with van der Waals surface area (Å²) in [6, 6.07) is 8.84. The second kappa shape index (κ2) is 2.98. The molecule has 0 amide bonds. The van der Waals surface area contributed by atoms with Gasteiger partial charge in [-0.25, -0.2) is 0 Å². The van der Waals surface area contributed by atoms with Crippen LogP contribution in [0.3, 0.4) is 0 Å². The average Bonchev–Trinajstić information content (AvgIpc) is 2.05. The molecule has 47 valence electrons. The van der Waals surface area contributed by atoms with Gasteiger partial charge in [0.15, 0.2) is 0 Å². The third kappa shape index (κ3) is 1.23. The van der Waals surface area contributed by atoms with E-state index >= 15 is 0 Å². The van der Waals surface area contributed by atoms with Crippen LogP contribution in [-0.4, -0.2) is 0 Å². The zero-order valence-electron chi connectivity index (χ0n) is 5.75. The van der Waals surface area contributed by atoms with E-state index in [9.17, 15) is 0 Å². The van der Waals surface area contributed by atoms with E-state index in [1.165, 1.54) is 6.42 Å². The molecule has 1 aromatic carbocycles. The Balaban J connectivity index is 2.47. The van der Waals surface area contributed by atoms with Crippen LogP contribution >= 0.6 is 0 Å². The van der Waals surface area contributed by atoms with Crippen LogP contribution in [-0.2, 0) is 35.6 Å². The molecule has 0 spiro atoms. The molecular formula is C9H8Y. The number of hydrogen-bond acceptors (Lipinski definition) is 0. The summed E-state index contributed by atoms with van der Waals surface area (Å²) in [7, 11) is 0. The van der Waals surface area contributed by atoms with Crippen molar-refractivity contribution in [3.8, 4) is 0 Å².